The lowest BCUT2D eigenvalue weighted by Crippen LogP contribution is -2.16. The molecule has 2 heterocycles. The van der Waals surface area contributed by atoms with Gasteiger partial charge in [-0.25, -0.2) is 0 Å². The molecule has 3 rings (SSSR count). The zero-order valence-corrected chi connectivity index (χ0v) is 16.2. The van der Waals surface area contributed by atoms with Crippen LogP contribution in [0, 0.1) is 5.92 Å². The second kappa shape index (κ2) is 8.72. The van der Waals surface area contributed by atoms with Crippen LogP contribution in [0.15, 0.2) is 77.9 Å². The van der Waals surface area contributed by atoms with Gasteiger partial charge in [0.15, 0.2) is 0 Å². The van der Waals surface area contributed by atoms with E-state index in [4.69, 9.17) is 0 Å². The maximum atomic E-state index is 4.64. The zero-order chi connectivity index (χ0) is 18.4. The van der Waals surface area contributed by atoms with E-state index in [9.17, 15) is 0 Å². The molecule has 0 N–H and O–H groups in total. The number of thiophene rings is 1. The van der Waals surface area contributed by atoms with Crippen molar-refractivity contribution in [2.75, 3.05) is 7.05 Å². The van der Waals surface area contributed by atoms with Gasteiger partial charge in [-0.3, -0.25) is 9.98 Å². The third kappa shape index (κ3) is 4.17. The lowest BCUT2D eigenvalue weighted by molar-refractivity contribution is 0.685. The van der Waals surface area contributed by atoms with E-state index in [-0.39, 0.29) is 0 Å². The number of hydrogen-bond donors (Lipinski definition) is 0. The maximum absolute atomic E-state index is 4.64. The molecule has 0 bridgehead atoms. The molecule has 26 heavy (non-hydrogen) atoms. The summed E-state index contributed by atoms with van der Waals surface area (Å²) in [5.74, 6) is 0.327. The molecule has 0 radical (unpaired) electrons. The maximum Gasteiger partial charge on any atom is 0.0466 e. The van der Waals surface area contributed by atoms with Crippen LogP contribution >= 0.6 is 11.3 Å². The minimum Gasteiger partial charge on any atom is -0.292 e. The Morgan fingerprint density at radius 1 is 1.12 bits per heavy atom. The second-order valence-electron chi connectivity index (χ2n) is 6.33. The Kier molecular flexibility index (Phi) is 6.13. The van der Waals surface area contributed by atoms with Crippen molar-refractivity contribution in [1.82, 2.24) is 4.98 Å². The molecule has 0 aliphatic heterocycles. The quantitative estimate of drug-likeness (QED) is 0.450. The number of aliphatic imine (C=N–C) groups is 1. The first-order chi connectivity index (χ1) is 12.7. The van der Waals surface area contributed by atoms with Crippen LogP contribution in [0.2, 0.25) is 0 Å². The van der Waals surface area contributed by atoms with Crippen LogP contribution in [-0.4, -0.2) is 17.7 Å². The molecule has 0 saturated carbocycles. The fraction of sp³-hybridized carbons (Fsp3) is 0.217. The second-order valence-corrected chi connectivity index (χ2v) is 7.28. The van der Waals surface area contributed by atoms with Gasteiger partial charge in [0.25, 0.3) is 0 Å². The first-order valence-electron chi connectivity index (χ1n) is 8.92. The lowest BCUT2D eigenvalue weighted by atomic mass is 9.87. The summed E-state index contributed by atoms with van der Waals surface area (Å²) in [4.78, 5) is 10.3. The van der Waals surface area contributed by atoms with Crippen molar-refractivity contribution >= 4 is 22.6 Å². The van der Waals surface area contributed by atoms with E-state index in [1.54, 1.807) is 11.3 Å². The standard InChI is InChI=1S/C23H24N2S/c1-4-18(13-17(2)19-9-6-5-7-10-19)23(24-3)21-14-20(15-25-16-21)22-11-8-12-26-22/h5-12,14-16,18H,2,4,13H2,1,3H3. The van der Waals surface area contributed by atoms with E-state index in [2.05, 4.69) is 71.3 Å². The molecule has 2 nitrogen and oxygen atoms in total. The molecular weight excluding hydrogens is 336 g/mol. The Morgan fingerprint density at radius 3 is 2.58 bits per heavy atom. The highest BCUT2D eigenvalue weighted by atomic mass is 32.1. The molecule has 132 valence electrons. The number of rotatable bonds is 7. The summed E-state index contributed by atoms with van der Waals surface area (Å²) in [6.07, 6.45) is 5.76. The first kappa shape index (κ1) is 18.3. The minimum absolute atomic E-state index is 0.327. The van der Waals surface area contributed by atoms with Crippen LogP contribution < -0.4 is 0 Å². The molecule has 0 aliphatic carbocycles. The fourth-order valence-corrected chi connectivity index (χ4v) is 3.94. The lowest BCUT2D eigenvalue weighted by Gasteiger charge is -2.19. The first-order valence-corrected chi connectivity index (χ1v) is 9.80. The van der Waals surface area contributed by atoms with Gasteiger partial charge >= 0.3 is 0 Å². The fourth-order valence-electron chi connectivity index (χ4n) is 3.23. The number of hydrogen-bond acceptors (Lipinski definition) is 3. The van der Waals surface area contributed by atoms with Crippen molar-refractivity contribution in [3.05, 3.63) is 84.0 Å². The highest BCUT2D eigenvalue weighted by molar-refractivity contribution is 7.13. The van der Waals surface area contributed by atoms with Gasteiger partial charge in [-0.2, -0.15) is 0 Å². The van der Waals surface area contributed by atoms with E-state index in [0.29, 0.717) is 5.92 Å². The van der Waals surface area contributed by atoms with Gasteiger partial charge in [-0.1, -0.05) is 49.9 Å². The Balaban J connectivity index is 1.85. The highest BCUT2D eigenvalue weighted by Crippen LogP contribution is 2.29. The predicted octanol–water partition coefficient (Wildman–Crippen LogP) is 6.36. The average molecular weight is 361 g/mol. The molecule has 0 aliphatic rings. The summed E-state index contributed by atoms with van der Waals surface area (Å²) in [5, 5.41) is 2.09. The third-order valence-corrected chi connectivity index (χ3v) is 5.55. The van der Waals surface area contributed by atoms with Crippen molar-refractivity contribution < 1.29 is 0 Å². The molecule has 1 atom stereocenters. The highest BCUT2D eigenvalue weighted by Gasteiger charge is 2.18. The Bertz CT molecular complexity index is 880. The molecular formula is C23H24N2S. The van der Waals surface area contributed by atoms with E-state index in [1.807, 2.05) is 25.5 Å². The Morgan fingerprint density at radius 2 is 1.92 bits per heavy atom. The number of benzene rings is 1. The van der Waals surface area contributed by atoms with Crippen molar-refractivity contribution in [2.24, 2.45) is 10.9 Å². The summed E-state index contributed by atoms with van der Waals surface area (Å²) in [5.41, 5.74) is 5.71. The summed E-state index contributed by atoms with van der Waals surface area (Å²) < 4.78 is 0. The summed E-state index contributed by atoms with van der Waals surface area (Å²) in [6.45, 7) is 6.53. The predicted molar refractivity (Wildman–Crippen MR) is 114 cm³/mol. The third-order valence-electron chi connectivity index (χ3n) is 4.63. The van der Waals surface area contributed by atoms with Gasteiger partial charge < -0.3 is 0 Å². The van der Waals surface area contributed by atoms with E-state index >= 15 is 0 Å². The smallest absolute Gasteiger partial charge is 0.0466 e. The number of aromatic nitrogens is 1. The normalized spacial score (nSPS) is 12.8. The van der Waals surface area contributed by atoms with E-state index in [1.165, 1.54) is 10.4 Å². The Hall–Kier alpha value is -2.52. The Labute approximate surface area is 160 Å². The van der Waals surface area contributed by atoms with Gasteiger partial charge in [0.2, 0.25) is 0 Å². The molecule has 0 spiro atoms. The van der Waals surface area contributed by atoms with Gasteiger partial charge in [0, 0.05) is 47.1 Å². The van der Waals surface area contributed by atoms with Crippen molar-refractivity contribution in [2.45, 2.75) is 19.8 Å². The molecule has 0 amide bonds. The monoisotopic (exact) mass is 360 g/mol. The SMILES string of the molecule is C=C(CC(CC)C(=NC)c1cncc(-c2cccs2)c1)c1ccccc1. The van der Waals surface area contributed by atoms with Crippen molar-refractivity contribution in [1.29, 1.82) is 0 Å². The van der Waals surface area contributed by atoms with Gasteiger partial charge in [-0.05, 0) is 41.5 Å². The van der Waals surface area contributed by atoms with Crippen LogP contribution in [0.5, 0.6) is 0 Å². The topological polar surface area (TPSA) is 25.2 Å². The van der Waals surface area contributed by atoms with Crippen LogP contribution in [0.3, 0.4) is 0 Å². The van der Waals surface area contributed by atoms with Crippen LogP contribution in [0.4, 0.5) is 0 Å². The average Bonchev–Trinajstić information content (AvgIpc) is 3.23. The minimum atomic E-state index is 0.327. The number of allylic oxidation sites excluding steroid dienone is 1. The molecule has 1 unspecified atom stereocenters. The van der Waals surface area contributed by atoms with Crippen LogP contribution in [-0.2, 0) is 0 Å². The number of pyridine rings is 1. The van der Waals surface area contributed by atoms with Crippen molar-refractivity contribution in [3.63, 3.8) is 0 Å². The largest absolute Gasteiger partial charge is 0.292 e. The van der Waals surface area contributed by atoms with Gasteiger partial charge in [0.05, 0.1) is 0 Å². The van der Waals surface area contributed by atoms with E-state index in [0.717, 1.165) is 35.3 Å². The molecule has 0 fully saturated rings. The van der Waals surface area contributed by atoms with Gasteiger partial charge in [-0.15, -0.1) is 11.3 Å². The molecule has 0 saturated heterocycles. The molecule has 3 aromatic rings. The zero-order valence-electron chi connectivity index (χ0n) is 15.4. The van der Waals surface area contributed by atoms with Crippen LogP contribution in [0.25, 0.3) is 16.0 Å². The van der Waals surface area contributed by atoms with E-state index < -0.39 is 0 Å². The summed E-state index contributed by atoms with van der Waals surface area (Å²) in [7, 11) is 1.88. The van der Waals surface area contributed by atoms with Crippen LogP contribution in [0.1, 0.15) is 30.9 Å². The number of nitrogens with zero attached hydrogens (tertiary/aromatic N) is 2. The molecule has 1 aromatic carbocycles. The molecule has 3 heteroatoms. The molecule has 2 aromatic heterocycles. The van der Waals surface area contributed by atoms with Crippen molar-refractivity contribution in [3.8, 4) is 10.4 Å². The summed E-state index contributed by atoms with van der Waals surface area (Å²) >= 11 is 1.73. The summed E-state index contributed by atoms with van der Waals surface area (Å²) in [6, 6.07) is 16.8. The van der Waals surface area contributed by atoms with Gasteiger partial charge in [0.1, 0.15) is 0 Å².